The van der Waals surface area contributed by atoms with Crippen molar-refractivity contribution in [1.29, 1.82) is 0 Å². The highest BCUT2D eigenvalue weighted by molar-refractivity contribution is 5.68. The first-order chi connectivity index (χ1) is 6.74. The zero-order chi connectivity index (χ0) is 10.4. The first-order valence-corrected chi connectivity index (χ1v) is 3.75. The molecule has 7 heteroatoms. The van der Waals surface area contributed by atoms with Crippen LogP contribution in [0.15, 0.2) is 18.9 Å². The number of hydrogen-bond acceptors (Lipinski definition) is 5. The number of H-pyrrole nitrogens is 1. The van der Waals surface area contributed by atoms with Gasteiger partial charge in [-0.1, -0.05) is 0 Å². The van der Waals surface area contributed by atoms with Gasteiger partial charge >= 0.3 is 5.97 Å². The Bertz CT molecular complexity index is 383. The average molecular weight is 195 g/mol. The second kappa shape index (κ2) is 4.87. The minimum absolute atomic E-state index is 0.278. The van der Waals surface area contributed by atoms with E-state index in [-0.39, 0.29) is 6.54 Å². The zero-order valence-electron chi connectivity index (χ0n) is 7.21. The Kier molecular flexibility index (Phi) is 3.50. The fourth-order valence-electron chi connectivity index (χ4n) is 0.691. The number of rotatable bonds is 1. The maximum Gasteiger partial charge on any atom is 0.317 e. The number of carboxylic acid groups (broad SMARTS) is 1. The molecule has 0 radical (unpaired) electrons. The van der Waals surface area contributed by atoms with Gasteiger partial charge < -0.3 is 15.8 Å². The maximum absolute atomic E-state index is 9.24. The van der Waals surface area contributed by atoms with Crippen LogP contribution in [0.25, 0.3) is 11.2 Å². The summed E-state index contributed by atoms with van der Waals surface area (Å²) in [5.74, 6) is -0.968. The van der Waals surface area contributed by atoms with Crippen molar-refractivity contribution in [3.05, 3.63) is 18.9 Å². The highest BCUT2D eigenvalue weighted by Gasteiger charge is 1.91. The molecule has 2 heterocycles. The highest BCUT2D eigenvalue weighted by Crippen LogP contribution is 1.99. The van der Waals surface area contributed by atoms with Crippen molar-refractivity contribution in [2.75, 3.05) is 6.54 Å². The Morgan fingerprint density at radius 2 is 2.29 bits per heavy atom. The third-order valence-corrected chi connectivity index (χ3v) is 1.27. The van der Waals surface area contributed by atoms with Crippen LogP contribution in [0.3, 0.4) is 0 Å². The summed E-state index contributed by atoms with van der Waals surface area (Å²) in [5.41, 5.74) is 6.16. The van der Waals surface area contributed by atoms with Crippen LogP contribution < -0.4 is 5.73 Å². The molecule has 0 saturated carbocycles. The first-order valence-electron chi connectivity index (χ1n) is 3.75. The second-order valence-electron chi connectivity index (χ2n) is 2.26. The Labute approximate surface area is 79.0 Å². The number of aromatic amines is 1. The van der Waals surface area contributed by atoms with E-state index < -0.39 is 5.97 Å². The van der Waals surface area contributed by atoms with Crippen LogP contribution in [-0.4, -0.2) is 37.6 Å². The summed E-state index contributed by atoms with van der Waals surface area (Å²) in [6, 6.07) is 0. The number of imidazole rings is 1. The predicted octanol–water partition coefficient (Wildman–Crippen LogP) is -0.617. The lowest BCUT2D eigenvalue weighted by molar-refractivity contribution is -0.135. The molecule has 0 saturated heterocycles. The molecule has 0 unspecified atom stereocenters. The molecule has 2 aromatic heterocycles. The summed E-state index contributed by atoms with van der Waals surface area (Å²) in [5, 5.41) is 7.60. The molecule has 0 spiro atoms. The minimum Gasteiger partial charge on any atom is -0.480 e. The van der Waals surface area contributed by atoms with Crippen molar-refractivity contribution >= 4 is 17.1 Å². The summed E-state index contributed by atoms with van der Waals surface area (Å²) < 4.78 is 0. The molecule has 0 amide bonds. The monoisotopic (exact) mass is 195 g/mol. The van der Waals surface area contributed by atoms with E-state index in [1.165, 1.54) is 6.33 Å². The molecule has 0 aliphatic heterocycles. The number of carboxylic acids is 1. The van der Waals surface area contributed by atoms with Crippen molar-refractivity contribution < 1.29 is 9.90 Å². The van der Waals surface area contributed by atoms with Gasteiger partial charge in [0.15, 0.2) is 5.65 Å². The number of nitrogens with two attached hydrogens (primary N) is 1. The Balaban J connectivity index is 0.000000171. The van der Waals surface area contributed by atoms with Gasteiger partial charge in [-0.15, -0.1) is 0 Å². The van der Waals surface area contributed by atoms with Crippen molar-refractivity contribution in [2.45, 2.75) is 0 Å². The molecule has 4 N–H and O–H groups in total. The molecule has 0 fully saturated rings. The van der Waals surface area contributed by atoms with E-state index in [1.54, 1.807) is 12.5 Å². The predicted molar refractivity (Wildman–Crippen MR) is 48.4 cm³/mol. The van der Waals surface area contributed by atoms with Gasteiger partial charge in [-0.05, 0) is 0 Å². The molecule has 0 aromatic carbocycles. The quantitative estimate of drug-likeness (QED) is 0.558. The van der Waals surface area contributed by atoms with Crippen LogP contribution in [0.5, 0.6) is 0 Å². The van der Waals surface area contributed by atoms with Crippen LogP contribution in [0, 0.1) is 0 Å². The van der Waals surface area contributed by atoms with Crippen molar-refractivity contribution in [2.24, 2.45) is 5.73 Å². The third kappa shape index (κ3) is 2.79. The summed E-state index contributed by atoms with van der Waals surface area (Å²) >= 11 is 0. The van der Waals surface area contributed by atoms with E-state index in [1.807, 2.05) is 0 Å². The summed E-state index contributed by atoms with van der Waals surface area (Å²) in [6.07, 6.45) is 4.76. The average Bonchev–Trinajstić information content (AvgIpc) is 2.66. The molecule has 14 heavy (non-hydrogen) atoms. The van der Waals surface area contributed by atoms with Crippen molar-refractivity contribution in [1.82, 2.24) is 19.9 Å². The lowest BCUT2D eigenvalue weighted by Crippen LogP contribution is -2.10. The molecule has 7 nitrogen and oxygen atoms in total. The number of hydrogen-bond donors (Lipinski definition) is 3. The van der Waals surface area contributed by atoms with Crippen molar-refractivity contribution in [3.8, 4) is 0 Å². The Morgan fingerprint density at radius 1 is 1.57 bits per heavy atom. The number of nitrogens with zero attached hydrogens (tertiary/aromatic N) is 3. The number of aromatic nitrogens is 4. The largest absolute Gasteiger partial charge is 0.480 e. The molecule has 0 bridgehead atoms. The van der Waals surface area contributed by atoms with Crippen molar-refractivity contribution in [3.63, 3.8) is 0 Å². The van der Waals surface area contributed by atoms with Gasteiger partial charge in [-0.25, -0.2) is 15.0 Å². The standard InChI is InChI=1S/C5H4N4.C2H5NO2/c1-4-5(8-2-6-1)9-3-7-4;3-1-2(4)5/h1-3H,(H,6,7,8,9);1,3H2,(H,4,5). The van der Waals surface area contributed by atoms with E-state index >= 15 is 0 Å². The number of aliphatic carboxylic acids is 1. The van der Waals surface area contributed by atoms with Crippen LogP contribution in [-0.2, 0) is 4.79 Å². The van der Waals surface area contributed by atoms with Crippen LogP contribution >= 0.6 is 0 Å². The van der Waals surface area contributed by atoms with Gasteiger partial charge in [-0.3, -0.25) is 4.79 Å². The van der Waals surface area contributed by atoms with Gasteiger partial charge in [0, 0.05) is 0 Å². The lowest BCUT2D eigenvalue weighted by atomic mass is 10.6. The molecular weight excluding hydrogens is 186 g/mol. The minimum atomic E-state index is -0.968. The summed E-state index contributed by atoms with van der Waals surface area (Å²) in [4.78, 5) is 23.7. The highest BCUT2D eigenvalue weighted by atomic mass is 16.4. The molecule has 2 aromatic rings. The lowest BCUT2D eigenvalue weighted by Gasteiger charge is -1.80. The zero-order valence-corrected chi connectivity index (χ0v) is 7.21. The SMILES string of the molecule is NCC(=O)O.c1ncc2[nH]cnc2n1. The first kappa shape index (κ1) is 10.1. The van der Waals surface area contributed by atoms with E-state index in [0.717, 1.165) is 5.52 Å². The normalized spacial score (nSPS) is 9.21. The molecule has 2 rings (SSSR count). The second-order valence-corrected chi connectivity index (χ2v) is 2.26. The van der Waals surface area contributed by atoms with Gasteiger partial charge in [0.25, 0.3) is 0 Å². The van der Waals surface area contributed by atoms with E-state index in [2.05, 4.69) is 25.7 Å². The summed E-state index contributed by atoms with van der Waals surface area (Å²) in [7, 11) is 0. The van der Waals surface area contributed by atoms with E-state index in [4.69, 9.17) is 5.11 Å². The van der Waals surface area contributed by atoms with Gasteiger partial charge in [0.2, 0.25) is 0 Å². The van der Waals surface area contributed by atoms with Crippen LogP contribution in [0.1, 0.15) is 0 Å². The van der Waals surface area contributed by atoms with Gasteiger partial charge in [0.05, 0.1) is 19.1 Å². The number of nitrogens with one attached hydrogen (secondary N) is 1. The number of carbonyl (C=O) groups is 1. The third-order valence-electron chi connectivity index (χ3n) is 1.27. The molecule has 0 aliphatic carbocycles. The molecule has 74 valence electrons. The van der Waals surface area contributed by atoms with Gasteiger partial charge in [-0.2, -0.15) is 0 Å². The Hall–Kier alpha value is -2.02. The smallest absolute Gasteiger partial charge is 0.317 e. The van der Waals surface area contributed by atoms with E-state index in [0.29, 0.717) is 5.65 Å². The van der Waals surface area contributed by atoms with E-state index in [9.17, 15) is 4.79 Å². The molecular formula is C7H9N5O2. The van der Waals surface area contributed by atoms with Gasteiger partial charge in [0.1, 0.15) is 11.8 Å². The fourth-order valence-corrected chi connectivity index (χ4v) is 0.691. The fraction of sp³-hybridized carbons (Fsp3) is 0.143. The topological polar surface area (TPSA) is 118 Å². The molecule has 0 aliphatic rings. The van der Waals surface area contributed by atoms with Crippen LogP contribution in [0.4, 0.5) is 0 Å². The molecule has 0 atom stereocenters. The Morgan fingerprint density at radius 3 is 2.86 bits per heavy atom. The summed E-state index contributed by atoms with van der Waals surface area (Å²) in [6.45, 7) is -0.278. The maximum atomic E-state index is 9.24. The number of fused-ring (bicyclic) bond motifs is 1. The van der Waals surface area contributed by atoms with Crippen LogP contribution in [0.2, 0.25) is 0 Å².